The maximum absolute atomic E-state index is 12.7. The number of rotatable bonds is 2. The molecule has 0 bridgehead atoms. The number of benzene rings is 2. The molecule has 154 valence electrons. The van der Waals surface area contributed by atoms with E-state index < -0.39 is 0 Å². The molecule has 0 atom stereocenters. The van der Waals surface area contributed by atoms with E-state index in [1.807, 2.05) is 13.8 Å². The van der Waals surface area contributed by atoms with Crippen LogP contribution in [0.3, 0.4) is 0 Å². The fourth-order valence-electron chi connectivity index (χ4n) is 4.04. The average Bonchev–Trinajstić information content (AvgIpc) is 3.30. The van der Waals surface area contributed by atoms with Crippen molar-refractivity contribution in [3.05, 3.63) is 78.6 Å². The molecule has 2 heterocycles. The second kappa shape index (κ2) is 7.16. The Hall–Kier alpha value is -2.73. The Morgan fingerprint density at radius 2 is 1.48 bits per heavy atom. The molecule has 31 heavy (non-hydrogen) atoms. The highest BCUT2D eigenvalue weighted by molar-refractivity contribution is 7.19. The lowest BCUT2D eigenvalue weighted by molar-refractivity contribution is 0.0990. The van der Waals surface area contributed by atoms with Crippen LogP contribution in [-0.2, 0) is 0 Å². The minimum absolute atomic E-state index is 0.0858. The van der Waals surface area contributed by atoms with Gasteiger partial charge in [-0.2, -0.15) is 4.98 Å². The number of carbonyl (C=O) groups excluding carboxylic acids is 2. The van der Waals surface area contributed by atoms with Gasteiger partial charge in [-0.05, 0) is 50.1 Å². The highest BCUT2D eigenvalue weighted by Crippen LogP contribution is 2.37. The van der Waals surface area contributed by atoms with Crippen LogP contribution in [0, 0.1) is 20.8 Å². The molecule has 1 aliphatic rings. The molecular weight excluding hydrogens is 453 g/mol. The highest BCUT2D eigenvalue weighted by atomic mass is 35.5. The van der Waals surface area contributed by atoms with Crippen molar-refractivity contribution in [2.24, 2.45) is 0 Å². The predicted octanol–water partition coefficient (Wildman–Crippen LogP) is 7.25. The van der Waals surface area contributed by atoms with Gasteiger partial charge in [-0.25, -0.2) is 0 Å². The van der Waals surface area contributed by atoms with Crippen LogP contribution >= 0.6 is 34.5 Å². The molecule has 4 aromatic rings. The van der Waals surface area contributed by atoms with E-state index in [0.717, 1.165) is 16.7 Å². The second-order valence-corrected chi connectivity index (χ2v) is 9.52. The Balaban J connectivity index is 1.53. The summed E-state index contributed by atoms with van der Waals surface area (Å²) < 4.78 is 6.01. The van der Waals surface area contributed by atoms with Crippen molar-refractivity contribution in [1.82, 2.24) is 4.98 Å². The lowest BCUT2D eigenvalue weighted by Gasteiger charge is -2.07. The smallest absolute Gasteiger partial charge is 0.228 e. The highest BCUT2D eigenvalue weighted by Gasteiger charge is 2.34. The summed E-state index contributed by atoms with van der Waals surface area (Å²) in [5, 5.41) is 0.491. The number of allylic oxidation sites excluding steroid dienone is 1. The van der Waals surface area contributed by atoms with Crippen LogP contribution < -0.4 is 0 Å². The van der Waals surface area contributed by atoms with Crippen molar-refractivity contribution in [3.63, 3.8) is 0 Å². The number of ketones is 2. The van der Waals surface area contributed by atoms with Crippen LogP contribution in [0.5, 0.6) is 0 Å². The number of oxazole rings is 1. The van der Waals surface area contributed by atoms with E-state index in [9.17, 15) is 9.59 Å². The number of aryl methyl sites for hydroxylation is 3. The SMILES string of the molecule is Cc1cc(C)c(-c2nc3sc(C=C4C(=O)c5cc(Cl)c(Cl)cc5C4=O)cc3o2)c(C)c1. The van der Waals surface area contributed by atoms with E-state index >= 15 is 0 Å². The third-order valence-corrected chi connectivity index (χ3v) is 7.00. The van der Waals surface area contributed by atoms with Gasteiger partial charge in [0, 0.05) is 27.6 Å². The third kappa shape index (κ3) is 3.24. The largest absolute Gasteiger partial charge is 0.435 e. The first-order valence-electron chi connectivity index (χ1n) is 9.51. The van der Waals surface area contributed by atoms with Crippen LogP contribution in [0.4, 0.5) is 0 Å². The lowest BCUT2D eigenvalue weighted by atomic mass is 10.00. The van der Waals surface area contributed by atoms with Gasteiger partial charge in [-0.15, -0.1) is 11.3 Å². The lowest BCUT2D eigenvalue weighted by Crippen LogP contribution is -1.99. The predicted molar refractivity (Wildman–Crippen MR) is 125 cm³/mol. The monoisotopic (exact) mass is 467 g/mol. The normalized spacial score (nSPS) is 13.4. The van der Waals surface area contributed by atoms with Gasteiger partial charge in [0.25, 0.3) is 0 Å². The summed E-state index contributed by atoms with van der Waals surface area (Å²) >= 11 is 13.4. The third-order valence-electron chi connectivity index (χ3n) is 5.32. The molecule has 0 unspecified atom stereocenters. The van der Waals surface area contributed by atoms with Crippen molar-refractivity contribution in [3.8, 4) is 11.5 Å². The van der Waals surface area contributed by atoms with Gasteiger partial charge in [-0.1, -0.05) is 40.9 Å². The van der Waals surface area contributed by atoms with E-state index in [2.05, 4.69) is 24.0 Å². The number of hydrogen-bond donors (Lipinski definition) is 0. The van der Waals surface area contributed by atoms with Gasteiger partial charge in [0.15, 0.2) is 22.0 Å². The number of halogens is 2. The van der Waals surface area contributed by atoms with Crippen molar-refractivity contribution < 1.29 is 14.0 Å². The minimum Gasteiger partial charge on any atom is -0.435 e. The Bertz CT molecular complexity index is 1380. The molecule has 0 N–H and O–H groups in total. The zero-order valence-electron chi connectivity index (χ0n) is 16.8. The number of aromatic nitrogens is 1. The van der Waals surface area contributed by atoms with E-state index in [1.54, 1.807) is 12.1 Å². The Morgan fingerprint density at radius 1 is 0.903 bits per heavy atom. The summed E-state index contributed by atoms with van der Waals surface area (Å²) in [6.07, 6.45) is 1.58. The fourth-order valence-corrected chi connectivity index (χ4v) is 5.26. The molecule has 2 aromatic carbocycles. The van der Waals surface area contributed by atoms with Crippen molar-refractivity contribution in [2.45, 2.75) is 20.8 Å². The number of hydrogen-bond acceptors (Lipinski definition) is 5. The molecule has 0 spiro atoms. The quantitative estimate of drug-likeness (QED) is 0.230. The van der Waals surface area contributed by atoms with Gasteiger partial charge in [0.2, 0.25) is 5.89 Å². The summed E-state index contributed by atoms with van der Waals surface area (Å²) in [7, 11) is 0. The Morgan fingerprint density at radius 3 is 2.03 bits per heavy atom. The molecule has 0 saturated carbocycles. The molecule has 0 fully saturated rings. The van der Waals surface area contributed by atoms with Crippen molar-refractivity contribution in [1.29, 1.82) is 0 Å². The standard InChI is InChI=1S/C24H15Cl2NO3S/c1-10-4-11(2)20(12(3)5-10)23-27-24-19(30-23)7-13(31-24)6-16-21(28)14-8-17(25)18(26)9-15(14)22(16)29/h4-9H,1-3H3. The van der Waals surface area contributed by atoms with Crippen molar-refractivity contribution >= 4 is 62.6 Å². The number of fused-ring (bicyclic) bond motifs is 2. The first kappa shape index (κ1) is 20.2. The van der Waals surface area contributed by atoms with Crippen LogP contribution in [-0.4, -0.2) is 16.6 Å². The molecule has 0 radical (unpaired) electrons. The first-order chi connectivity index (χ1) is 14.7. The zero-order valence-corrected chi connectivity index (χ0v) is 19.1. The van der Waals surface area contributed by atoms with E-state index in [1.165, 1.54) is 29.0 Å². The number of carbonyl (C=O) groups is 2. The van der Waals surface area contributed by atoms with Crippen LogP contribution in [0.2, 0.25) is 10.0 Å². The van der Waals surface area contributed by atoms with Crippen molar-refractivity contribution in [2.75, 3.05) is 0 Å². The summed E-state index contributed by atoms with van der Waals surface area (Å²) in [5.74, 6) is -0.147. The summed E-state index contributed by atoms with van der Waals surface area (Å²) in [6, 6.07) is 8.89. The van der Waals surface area contributed by atoms with Crippen LogP contribution in [0.25, 0.3) is 27.9 Å². The first-order valence-corrected chi connectivity index (χ1v) is 11.1. The second-order valence-electron chi connectivity index (χ2n) is 7.64. The van der Waals surface area contributed by atoms with Gasteiger partial charge < -0.3 is 4.42 Å². The summed E-state index contributed by atoms with van der Waals surface area (Å²) in [5.41, 5.74) is 5.63. The van der Waals surface area contributed by atoms with Gasteiger partial charge in [0.05, 0.1) is 15.6 Å². The topological polar surface area (TPSA) is 60.2 Å². The Kier molecular flexibility index (Phi) is 4.66. The maximum atomic E-state index is 12.7. The molecule has 5 rings (SSSR count). The molecule has 0 aliphatic heterocycles. The van der Waals surface area contributed by atoms with Crippen LogP contribution in [0.1, 0.15) is 42.3 Å². The van der Waals surface area contributed by atoms with Crippen LogP contribution in [0.15, 0.2) is 40.3 Å². The zero-order chi connectivity index (χ0) is 22.0. The maximum Gasteiger partial charge on any atom is 0.228 e. The molecule has 2 aromatic heterocycles. The minimum atomic E-state index is -0.358. The van der Waals surface area contributed by atoms with E-state index in [0.29, 0.717) is 21.2 Å². The average molecular weight is 468 g/mol. The van der Waals surface area contributed by atoms with Gasteiger partial charge >= 0.3 is 0 Å². The summed E-state index contributed by atoms with van der Waals surface area (Å²) in [6.45, 7) is 6.14. The molecule has 1 aliphatic carbocycles. The molecule has 7 heteroatoms. The molecular formula is C24H15Cl2NO3S. The van der Waals surface area contributed by atoms with Gasteiger partial charge in [-0.3, -0.25) is 9.59 Å². The molecule has 4 nitrogen and oxygen atoms in total. The number of thiophene rings is 1. The van der Waals surface area contributed by atoms with Gasteiger partial charge in [0.1, 0.15) is 0 Å². The number of Topliss-reactive ketones (excluding diaryl/α,β-unsaturated/α-hetero) is 2. The van der Waals surface area contributed by atoms with E-state index in [-0.39, 0.29) is 38.3 Å². The van der Waals surface area contributed by atoms with E-state index in [4.69, 9.17) is 27.6 Å². The molecule has 0 saturated heterocycles. The Labute approximate surface area is 192 Å². The summed E-state index contributed by atoms with van der Waals surface area (Å²) in [4.78, 5) is 31.6. The molecule has 0 amide bonds. The fraction of sp³-hybridized carbons (Fsp3) is 0.125. The number of nitrogens with zero attached hydrogens (tertiary/aromatic N) is 1.